The highest BCUT2D eigenvalue weighted by Gasteiger charge is 2.29. The summed E-state index contributed by atoms with van der Waals surface area (Å²) in [7, 11) is -1.85. The Kier molecular flexibility index (Phi) is 5.18. The van der Waals surface area contributed by atoms with Crippen molar-refractivity contribution in [1.82, 2.24) is 9.97 Å². The number of aromatic nitrogens is 2. The van der Waals surface area contributed by atoms with Crippen LogP contribution in [-0.2, 0) is 6.42 Å². The van der Waals surface area contributed by atoms with Crippen molar-refractivity contribution in [3.05, 3.63) is 84.7 Å². The molecule has 0 spiro atoms. The van der Waals surface area contributed by atoms with Crippen LogP contribution in [0, 0.1) is 5.92 Å². The molecule has 0 atom stereocenters. The predicted molar refractivity (Wildman–Crippen MR) is 136 cm³/mol. The van der Waals surface area contributed by atoms with Crippen molar-refractivity contribution in [3.63, 3.8) is 0 Å². The zero-order valence-electron chi connectivity index (χ0n) is 19.1. The van der Waals surface area contributed by atoms with Gasteiger partial charge in [-0.3, -0.25) is 4.98 Å². The van der Waals surface area contributed by atoms with E-state index in [1.165, 1.54) is 15.9 Å². The van der Waals surface area contributed by atoms with Crippen molar-refractivity contribution in [3.8, 4) is 11.3 Å². The molecule has 0 bridgehead atoms. The first-order valence-corrected chi connectivity index (χ1v) is 14.3. The summed E-state index contributed by atoms with van der Waals surface area (Å²) in [5, 5.41) is 5.00. The monoisotopic (exact) mass is 436 g/mol. The van der Waals surface area contributed by atoms with Crippen molar-refractivity contribution in [2.24, 2.45) is 5.92 Å². The van der Waals surface area contributed by atoms with E-state index in [0.29, 0.717) is 11.6 Å². The van der Waals surface area contributed by atoms with Crippen LogP contribution in [0.25, 0.3) is 33.3 Å². The number of pyridine rings is 2. The Morgan fingerprint density at radius 2 is 1.69 bits per heavy atom. The van der Waals surface area contributed by atoms with E-state index in [1.54, 1.807) is 6.20 Å². The first-order valence-electron chi connectivity index (χ1n) is 11.3. The van der Waals surface area contributed by atoms with E-state index in [1.807, 2.05) is 12.1 Å². The van der Waals surface area contributed by atoms with E-state index in [4.69, 9.17) is 9.40 Å². The molecule has 0 saturated carbocycles. The van der Waals surface area contributed by atoms with Gasteiger partial charge in [0.25, 0.3) is 0 Å². The Labute approximate surface area is 190 Å². The third-order valence-corrected chi connectivity index (χ3v) is 9.90. The summed E-state index contributed by atoms with van der Waals surface area (Å²) in [6.45, 7) is 9.44. The van der Waals surface area contributed by atoms with Gasteiger partial charge in [-0.05, 0) is 59.5 Å². The maximum absolute atomic E-state index is 5.91. The molecule has 3 aromatic heterocycles. The molecule has 2 aromatic carbocycles. The van der Waals surface area contributed by atoms with E-state index in [9.17, 15) is 0 Å². The fraction of sp³-hybridized carbons (Fsp3) is 0.214. The summed E-state index contributed by atoms with van der Waals surface area (Å²) in [5.41, 5.74) is 5.09. The van der Waals surface area contributed by atoms with Gasteiger partial charge in [0.05, 0.1) is 5.69 Å². The zero-order chi connectivity index (χ0) is 22.3. The maximum atomic E-state index is 5.91. The van der Waals surface area contributed by atoms with Crippen LogP contribution in [0.15, 0.2) is 83.5 Å². The SMILES string of the molecule is CC(C)Cc1cc(-c2ccc3oc4ncccc4c3c2)ncc1[Si](C)(C)c1ccccc1. The van der Waals surface area contributed by atoms with Crippen LogP contribution in [0.1, 0.15) is 19.4 Å². The molecule has 3 heterocycles. The van der Waals surface area contributed by atoms with Gasteiger partial charge in [-0.25, -0.2) is 4.98 Å². The molecule has 160 valence electrons. The smallest absolute Gasteiger partial charge is 0.227 e. The lowest BCUT2D eigenvalue weighted by Gasteiger charge is -2.27. The molecule has 5 rings (SSSR count). The average molecular weight is 437 g/mol. The number of hydrogen-bond donors (Lipinski definition) is 0. The standard InChI is InChI=1S/C28H28N2OSi/c1-19(2)15-21-17-25(30-18-27(21)32(3,4)22-9-6-5-7-10-22)20-12-13-26-24(16-20)23-11-8-14-29-28(23)31-26/h5-14,16-19H,15H2,1-4H3. The second kappa shape index (κ2) is 8.03. The molecule has 0 aliphatic rings. The van der Waals surface area contributed by atoms with Gasteiger partial charge < -0.3 is 4.42 Å². The number of hydrogen-bond acceptors (Lipinski definition) is 3. The summed E-state index contributed by atoms with van der Waals surface area (Å²) in [5.74, 6) is 0.580. The minimum atomic E-state index is -1.85. The largest absolute Gasteiger partial charge is 0.438 e. The zero-order valence-corrected chi connectivity index (χ0v) is 20.1. The average Bonchev–Trinajstić information content (AvgIpc) is 3.17. The molecule has 32 heavy (non-hydrogen) atoms. The highest BCUT2D eigenvalue weighted by Crippen LogP contribution is 2.31. The first kappa shape index (κ1) is 20.6. The van der Waals surface area contributed by atoms with Crippen molar-refractivity contribution < 1.29 is 4.42 Å². The number of furan rings is 1. The van der Waals surface area contributed by atoms with E-state index in [2.05, 4.69) is 92.7 Å². The molecule has 0 aliphatic heterocycles. The van der Waals surface area contributed by atoms with Crippen LogP contribution in [0.3, 0.4) is 0 Å². The molecule has 0 fully saturated rings. The van der Waals surface area contributed by atoms with E-state index >= 15 is 0 Å². The lowest BCUT2D eigenvalue weighted by molar-refractivity contribution is 0.649. The molecule has 4 heteroatoms. The van der Waals surface area contributed by atoms with Gasteiger partial charge in [-0.1, -0.05) is 62.5 Å². The molecule has 5 aromatic rings. The fourth-order valence-corrected chi connectivity index (χ4v) is 7.31. The summed E-state index contributed by atoms with van der Waals surface area (Å²) in [4.78, 5) is 9.33. The number of benzene rings is 2. The van der Waals surface area contributed by atoms with Crippen molar-refractivity contribution in [1.29, 1.82) is 0 Å². The Morgan fingerprint density at radius 1 is 0.875 bits per heavy atom. The number of fused-ring (bicyclic) bond motifs is 3. The van der Waals surface area contributed by atoms with Gasteiger partial charge in [0.1, 0.15) is 13.7 Å². The summed E-state index contributed by atoms with van der Waals surface area (Å²) in [6, 6.07) is 23.6. The van der Waals surface area contributed by atoms with E-state index < -0.39 is 8.07 Å². The lowest BCUT2D eigenvalue weighted by Crippen LogP contribution is -2.54. The minimum Gasteiger partial charge on any atom is -0.438 e. The van der Waals surface area contributed by atoms with Gasteiger partial charge in [0, 0.05) is 28.7 Å². The summed E-state index contributed by atoms with van der Waals surface area (Å²) < 4.78 is 5.91. The number of rotatable bonds is 5. The Hall–Kier alpha value is -3.24. The van der Waals surface area contributed by atoms with Gasteiger partial charge in [0.2, 0.25) is 5.71 Å². The highest BCUT2D eigenvalue weighted by atomic mass is 28.3. The van der Waals surface area contributed by atoms with Crippen LogP contribution >= 0.6 is 0 Å². The molecule has 0 unspecified atom stereocenters. The van der Waals surface area contributed by atoms with Crippen molar-refractivity contribution >= 4 is 40.5 Å². The van der Waals surface area contributed by atoms with Crippen molar-refractivity contribution in [2.45, 2.75) is 33.4 Å². The van der Waals surface area contributed by atoms with Gasteiger partial charge in [-0.2, -0.15) is 0 Å². The molecule has 0 aliphatic carbocycles. The third-order valence-electron chi connectivity index (χ3n) is 6.33. The Balaban J connectivity index is 1.63. The van der Waals surface area contributed by atoms with Crippen LogP contribution in [-0.4, -0.2) is 18.0 Å². The highest BCUT2D eigenvalue weighted by molar-refractivity contribution is 7.00. The lowest BCUT2D eigenvalue weighted by atomic mass is 10.0. The Morgan fingerprint density at radius 3 is 2.47 bits per heavy atom. The third kappa shape index (κ3) is 3.65. The van der Waals surface area contributed by atoms with Gasteiger partial charge >= 0.3 is 0 Å². The molecule has 0 saturated heterocycles. The molecule has 3 nitrogen and oxygen atoms in total. The van der Waals surface area contributed by atoms with Crippen LogP contribution in [0.2, 0.25) is 13.1 Å². The molecule has 0 N–H and O–H groups in total. The normalized spacial score (nSPS) is 12.2. The quantitative estimate of drug-likeness (QED) is 0.314. The van der Waals surface area contributed by atoms with Crippen LogP contribution in [0.4, 0.5) is 0 Å². The molecular formula is C28H28N2OSi. The number of nitrogens with zero attached hydrogens (tertiary/aromatic N) is 2. The van der Waals surface area contributed by atoms with Crippen LogP contribution < -0.4 is 10.4 Å². The van der Waals surface area contributed by atoms with Gasteiger partial charge in [-0.15, -0.1) is 0 Å². The first-order chi connectivity index (χ1) is 15.4. The van der Waals surface area contributed by atoms with E-state index in [-0.39, 0.29) is 0 Å². The van der Waals surface area contributed by atoms with E-state index in [0.717, 1.165) is 34.0 Å². The molecular weight excluding hydrogens is 408 g/mol. The van der Waals surface area contributed by atoms with Crippen molar-refractivity contribution in [2.75, 3.05) is 0 Å². The fourth-order valence-electron chi connectivity index (χ4n) is 4.61. The Bertz CT molecular complexity index is 1400. The van der Waals surface area contributed by atoms with Gasteiger partial charge in [0.15, 0.2) is 0 Å². The topological polar surface area (TPSA) is 38.9 Å². The summed E-state index contributed by atoms with van der Waals surface area (Å²) >= 11 is 0. The second-order valence-corrected chi connectivity index (χ2v) is 13.9. The predicted octanol–water partition coefficient (Wildman–Crippen LogP) is 6.06. The maximum Gasteiger partial charge on any atom is 0.227 e. The molecule has 0 amide bonds. The minimum absolute atomic E-state index is 0.580. The summed E-state index contributed by atoms with van der Waals surface area (Å²) in [6.07, 6.45) is 4.96. The molecule has 0 radical (unpaired) electrons. The second-order valence-electron chi connectivity index (χ2n) is 9.48. The van der Waals surface area contributed by atoms with Crippen LogP contribution in [0.5, 0.6) is 0 Å².